The number of amides is 2. The predicted molar refractivity (Wildman–Crippen MR) is 101 cm³/mol. The van der Waals surface area contributed by atoms with Gasteiger partial charge in [-0.3, -0.25) is 9.59 Å². The van der Waals surface area contributed by atoms with E-state index in [0.29, 0.717) is 43.4 Å². The average Bonchev–Trinajstić information content (AvgIpc) is 2.61. The summed E-state index contributed by atoms with van der Waals surface area (Å²) < 4.78 is 36.0. The third-order valence-corrected chi connectivity index (χ3v) is 5.90. The third kappa shape index (κ3) is 6.04. The van der Waals surface area contributed by atoms with Gasteiger partial charge in [-0.2, -0.15) is 13.2 Å². The molecule has 150 valence electrons. The van der Waals surface area contributed by atoms with Crippen LogP contribution in [-0.4, -0.2) is 40.7 Å². The smallest absolute Gasteiger partial charge is 0.342 e. The van der Waals surface area contributed by atoms with Crippen LogP contribution >= 0.6 is 23.4 Å². The van der Waals surface area contributed by atoms with Crippen molar-refractivity contribution >= 4 is 40.9 Å². The van der Waals surface area contributed by atoms with Crippen molar-refractivity contribution in [3.8, 4) is 0 Å². The number of nitrogens with one attached hydrogen (secondary N) is 1. The van der Waals surface area contributed by atoms with Gasteiger partial charge >= 0.3 is 6.18 Å². The molecule has 1 aliphatic rings. The Balaban J connectivity index is 1.98. The second kappa shape index (κ2) is 9.19. The maximum atomic E-state index is 12.7. The van der Waals surface area contributed by atoms with E-state index >= 15 is 0 Å². The molecule has 1 unspecified atom stereocenters. The topological polar surface area (TPSA) is 49.4 Å². The largest absolute Gasteiger partial charge is 0.414 e. The second-order valence-corrected chi connectivity index (χ2v) is 8.56. The number of anilines is 1. The quantitative estimate of drug-likeness (QED) is 0.550. The molecule has 27 heavy (non-hydrogen) atoms. The van der Waals surface area contributed by atoms with E-state index in [1.54, 1.807) is 23.1 Å². The molecule has 1 aromatic carbocycles. The summed E-state index contributed by atoms with van der Waals surface area (Å²) in [6, 6.07) is 6.28. The number of piperidine rings is 1. The fraction of sp³-hybridized carbons (Fsp3) is 0.556. The van der Waals surface area contributed by atoms with Crippen molar-refractivity contribution in [2.45, 2.75) is 42.5 Å². The van der Waals surface area contributed by atoms with Crippen molar-refractivity contribution in [3.05, 3.63) is 24.3 Å². The first kappa shape index (κ1) is 21.9. The number of likely N-dealkylation sites (tertiary alicyclic amines) is 1. The highest BCUT2D eigenvalue weighted by Gasteiger charge is 2.39. The number of thioether (sulfide) groups is 1. The van der Waals surface area contributed by atoms with E-state index in [9.17, 15) is 22.8 Å². The Morgan fingerprint density at radius 2 is 1.81 bits per heavy atom. The number of benzene rings is 1. The Bertz CT molecular complexity index is 677. The number of halogens is 4. The minimum atomic E-state index is -4.54. The standard InChI is InChI=1S/C18H22ClF3N2O2S/c1-11(2)16(26)24-9-7-12(8-10-24)15(25)23-13-5-3-4-6-14(13)27-17(19)18(20,21)22/h3-6,11-12,17H,7-10H2,1-2H3,(H,23,25). The van der Waals surface area contributed by atoms with Gasteiger partial charge in [-0.05, 0) is 25.0 Å². The second-order valence-electron chi connectivity index (χ2n) is 6.72. The Kier molecular flexibility index (Phi) is 7.45. The molecule has 4 nitrogen and oxygen atoms in total. The monoisotopic (exact) mass is 422 g/mol. The molecular formula is C18H22ClF3N2O2S. The van der Waals surface area contributed by atoms with Gasteiger partial charge in [0.05, 0.1) is 5.69 Å². The first-order valence-corrected chi connectivity index (χ1v) is 9.97. The van der Waals surface area contributed by atoms with Crippen molar-refractivity contribution < 1.29 is 22.8 Å². The molecule has 1 N–H and O–H groups in total. The van der Waals surface area contributed by atoms with E-state index in [1.807, 2.05) is 13.8 Å². The summed E-state index contributed by atoms with van der Waals surface area (Å²) in [6.07, 6.45) is -3.49. The average molecular weight is 423 g/mol. The van der Waals surface area contributed by atoms with Crippen molar-refractivity contribution in [1.29, 1.82) is 0 Å². The predicted octanol–water partition coefficient (Wildman–Crippen LogP) is 4.74. The molecule has 2 amide bonds. The van der Waals surface area contributed by atoms with Gasteiger partial charge in [-0.1, -0.05) is 37.7 Å². The molecule has 0 saturated carbocycles. The van der Waals surface area contributed by atoms with Gasteiger partial charge in [0, 0.05) is 29.8 Å². The molecule has 0 spiro atoms. The highest BCUT2D eigenvalue weighted by molar-refractivity contribution is 8.01. The van der Waals surface area contributed by atoms with Crippen molar-refractivity contribution in [2.75, 3.05) is 18.4 Å². The molecule has 1 aromatic rings. The summed E-state index contributed by atoms with van der Waals surface area (Å²) in [5, 5.41) is 2.71. The zero-order valence-corrected chi connectivity index (χ0v) is 16.6. The number of para-hydroxylation sites is 1. The maximum absolute atomic E-state index is 12.7. The van der Waals surface area contributed by atoms with E-state index < -0.39 is 10.9 Å². The van der Waals surface area contributed by atoms with Crippen LogP contribution in [0.25, 0.3) is 0 Å². The highest BCUT2D eigenvalue weighted by Crippen LogP contribution is 2.40. The Labute approximate surface area is 165 Å². The number of rotatable bonds is 5. The van der Waals surface area contributed by atoms with Crippen LogP contribution in [0.15, 0.2) is 29.2 Å². The van der Waals surface area contributed by atoms with Gasteiger partial charge in [0.15, 0.2) is 4.71 Å². The van der Waals surface area contributed by atoms with Crippen molar-refractivity contribution in [2.24, 2.45) is 11.8 Å². The van der Waals surface area contributed by atoms with Gasteiger partial charge in [-0.25, -0.2) is 0 Å². The molecule has 9 heteroatoms. The van der Waals surface area contributed by atoms with E-state index in [-0.39, 0.29) is 28.5 Å². The molecule has 0 radical (unpaired) electrons. The number of alkyl halides is 4. The fourth-order valence-electron chi connectivity index (χ4n) is 2.81. The van der Waals surface area contributed by atoms with E-state index in [1.165, 1.54) is 6.07 Å². The van der Waals surface area contributed by atoms with Crippen molar-refractivity contribution in [3.63, 3.8) is 0 Å². The van der Waals surface area contributed by atoms with Crippen LogP contribution in [0.5, 0.6) is 0 Å². The summed E-state index contributed by atoms with van der Waals surface area (Å²) in [5.74, 6) is -0.557. The molecule has 2 rings (SSSR count). The minimum absolute atomic E-state index is 0.0657. The summed E-state index contributed by atoms with van der Waals surface area (Å²) in [5.41, 5.74) is 0.308. The lowest BCUT2D eigenvalue weighted by Crippen LogP contribution is -2.43. The molecular weight excluding hydrogens is 401 g/mol. The van der Waals surface area contributed by atoms with Crippen LogP contribution in [0.4, 0.5) is 18.9 Å². The molecule has 1 saturated heterocycles. The molecule has 1 heterocycles. The first-order valence-electron chi connectivity index (χ1n) is 8.65. The van der Waals surface area contributed by atoms with Crippen LogP contribution in [0.3, 0.4) is 0 Å². The molecule has 1 fully saturated rings. The van der Waals surface area contributed by atoms with Gasteiger partial charge in [0.25, 0.3) is 0 Å². The third-order valence-electron chi connectivity index (χ3n) is 4.30. The Morgan fingerprint density at radius 1 is 1.22 bits per heavy atom. The summed E-state index contributed by atoms with van der Waals surface area (Å²) in [7, 11) is 0. The minimum Gasteiger partial charge on any atom is -0.342 e. The highest BCUT2D eigenvalue weighted by atomic mass is 35.5. The number of hydrogen-bond acceptors (Lipinski definition) is 3. The summed E-state index contributed by atoms with van der Waals surface area (Å²) >= 11 is 5.85. The zero-order valence-electron chi connectivity index (χ0n) is 15.1. The number of nitrogens with zero attached hydrogens (tertiary/aromatic N) is 1. The lowest BCUT2D eigenvalue weighted by Gasteiger charge is -2.32. The first-order chi connectivity index (χ1) is 12.6. The summed E-state index contributed by atoms with van der Waals surface area (Å²) in [4.78, 5) is 26.6. The van der Waals surface area contributed by atoms with Gasteiger partial charge in [-0.15, -0.1) is 11.6 Å². The van der Waals surface area contributed by atoms with Crippen LogP contribution < -0.4 is 5.32 Å². The molecule has 1 atom stereocenters. The Morgan fingerprint density at radius 3 is 2.37 bits per heavy atom. The number of carbonyl (C=O) groups excluding carboxylic acids is 2. The van der Waals surface area contributed by atoms with E-state index in [0.717, 1.165) is 0 Å². The Hall–Kier alpha value is -1.41. The number of carbonyl (C=O) groups is 2. The number of hydrogen-bond donors (Lipinski definition) is 1. The van der Waals surface area contributed by atoms with Gasteiger partial charge in [0.1, 0.15) is 0 Å². The molecule has 0 aliphatic carbocycles. The van der Waals surface area contributed by atoms with Crippen LogP contribution in [-0.2, 0) is 9.59 Å². The molecule has 1 aliphatic heterocycles. The van der Waals surface area contributed by atoms with Crippen LogP contribution in [0, 0.1) is 11.8 Å². The van der Waals surface area contributed by atoms with Gasteiger partial charge < -0.3 is 10.2 Å². The lowest BCUT2D eigenvalue weighted by atomic mass is 9.95. The zero-order chi connectivity index (χ0) is 20.2. The lowest BCUT2D eigenvalue weighted by molar-refractivity contribution is -0.137. The SMILES string of the molecule is CC(C)C(=O)N1CCC(C(=O)Nc2ccccc2SC(Cl)C(F)(F)F)CC1. The van der Waals surface area contributed by atoms with Gasteiger partial charge in [0.2, 0.25) is 11.8 Å². The molecule has 0 bridgehead atoms. The van der Waals surface area contributed by atoms with E-state index in [2.05, 4.69) is 5.32 Å². The van der Waals surface area contributed by atoms with Crippen LogP contribution in [0.1, 0.15) is 26.7 Å². The fourth-order valence-corrected chi connectivity index (χ4v) is 3.86. The van der Waals surface area contributed by atoms with E-state index in [4.69, 9.17) is 11.6 Å². The maximum Gasteiger partial charge on any atom is 0.414 e. The van der Waals surface area contributed by atoms with Crippen molar-refractivity contribution in [1.82, 2.24) is 4.90 Å². The summed E-state index contributed by atoms with van der Waals surface area (Å²) in [6.45, 7) is 4.67. The normalized spacial score (nSPS) is 17.1. The van der Waals surface area contributed by atoms with Crippen LogP contribution in [0.2, 0.25) is 0 Å². The molecule has 0 aromatic heterocycles.